The molecule has 0 amide bonds. The Bertz CT molecular complexity index is 933. The van der Waals surface area contributed by atoms with Gasteiger partial charge in [-0.25, -0.2) is 8.42 Å². The van der Waals surface area contributed by atoms with Crippen LogP contribution < -0.4 is 4.72 Å². The lowest BCUT2D eigenvalue weighted by Gasteiger charge is -2.09. The predicted molar refractivity (Wildman–Crippen MR) is 97.5 cm³/mol. The van der Waals surface area contributed by atoms with Crippen molar-refractivity contribution in [1.82, 2.24) is 9.78 Å². The summed E-state index contributed by atoms with van der Waals surface area (Å²) in [5.74, 6) is 0. The number of nitrogens with one attached hydrogen (secondary N) is 1. The molecule has 2 aromatic carbocycles. The van der Waals surface area contributed by atoms with Crippen molar-refractivity contribution in [2.24, 2.45) is 0 Å². The maximum atomic E-state index is 12.4. The van der Waals surface area contributed by atoms with E-state index in [4.69, 9.17) is 0 Å². The summed E-state index contributed by atoms with van der Waals surface area (Å²) in [6, 6.07) is 14.0. The molecule has 0 aliphatic carbocycles. The number of hydrogen-bond acceptors (Lipinski definition) is 3. The molecular formula is C17H16BrN3O2S. The van der Waals surface area contributed by atoms with E-state index < -0.39 is 10.0 Å². The molecule has 1 N–H and O–H groups in total. The summed E-state index contributed by atoms with van der Waals surface area (Å²) in [5, 5.41) is 4.20. The zero-order chi connectivity index (χ0) is 17.2. The van der Waals surface area contributed by atoms with Crippen LogP contribution >= 0.6 is 15.9 Å². The minimum Gasteiger partial charge on any atom is -0.280 e. The van der Waals surface area contributed by atoms with Crippen LogP contribution in [0.25, 0.3) is 0 Å². The summed E-state index contributed by atoms with van der Waals surface area (Å²) in [6.45, 7) is 2.54. The summed E-state index contributed by atoms with van der Waals surface area (Å²) >= 11 is 3.36. The second-order valence-corrected chi connectivity index (χ2v) is 8.07. The first kappa shape index (κ1) is 16.7. The highest BCUT2D eigenvalue weighted by Crippen LogP contribution is 2.18. The Morgan fingerprint density at radius 2 is 1.75 bits per heavy atom. The van der Waals surface area contributed by atoms with E-state index in [0.717, 1.165) is 15.6 Å². The van der Waals surface area contributed by atoms with Gasteiger partial charge in [0.05, 0.1) is 22.1 Å². The Balaban J connectivity index is 1.72. The maximum absolute atomic E-state index is 12.4. The van der Waals surface area contributed by atoms with Crippen molar-refractivity contribution in [2.75, 3.05) is 4.72 Å². The first-order valence-corrected chi connectivity index (χ1v) is 9.56. The lowest BCUT2D eigenvalue weighted by atomic mass is 10.2. The third-order valence-corrected chi connectivity index (χ3v) is 5.29. The minimum atomic E-state index is -3.57. The maximum Gasteiger partial charge on any atom is 0.261 e. The number of nitrogens with zero attached hydrogens (tertiary/aromatic N) is 2. The van der Waals surface area contributed by atoms with Crippen LogP contribution in [-0.2, 0) is 16.6 Å². The number of benzene rings is 2. The summed E-state index contributed by atoms with van der Waals surface area (Å²) in [7, 11) is -3.57. The SMILES string of the molecule is Cc1ccc(S(=O)(=O)Nc2ccc(Cn3cc(Br)cn3)cc2)cc1. The van der Waals surface area contributed by atoms with Crippen LogP contribution in [0.4, 0.5) is 5.69 Å². The largest absolute Gasteiger partial charge is 0.280 e. The lowest BCUT2D eigenvalue weighted by molar-refractivity contribution is 0.601. The van der Waals surface area contributed by atoms with Crippen molar-refractivity contribution in [3.63, 3.8) is 0 Å². The Morgan fingerprint density at radius 3 is 2.33 bits per heavy atom. The van der Waals surface area contributed by atoms with Crippen molar-refractivity contribution in [1.29, 1.82) is 0 Å². The van der Waals surface area contributed by atoms with Crippen LogP contribution in [0.5, 0.6) is 0 Å². The van der Waals surface area contributed by atoms with Gasteiger partial charge < -0.3 is 0 Å². The van der Waals surface area contributed by atoms with Gasteiger partial charge in [-0.3, -0.25) is 9.40 Å². The smallest absolute Gasteiger partial charge is 0.261 e. The first-order chi connectivity index (χ1) is 11.4. The zero-order valence-electron chi connectivity index (χ0n) is 13.0. The van der Waals surface area contributed by atoms with E-state index in [1.807, 2.05) is 25.3 Å². The molecule has 3 rings (SSSR count). The minimum absolute atomic E-state index is 0.249. The fraction of sp³-hybridized carbons (Fsp3) is 0.118. The van der Waals surface area contributed by atoms with Crippen LogP contribution in [0.1, 0.15) is 11.1 Å². The van der Waals surface area contributed by atoms with E-state index >= 15 is 0 Å². The molecule has 0 saturated heterocycles. The Kier molecular flexibility index (Phi) is 4.73. The van der Waals surface area contributed by atoms with E-state index in [1.165, 1.54) is 0 Å². The van der Waals surface area contributed by atoms with Crippen molar-refractivity contribution in [2.45, 2.75) is 18.4 Å². The normalized spacial score (nSPS) is 11.4. The van der Waals surface area contributed by atoms with E-state index in [0.29, 0.717) is 12.2 Å². The molecule has 7 heteroatoms. The van der Waals surface area contributed by atoms with Gasteiger partial charge in [0.25, 0.3) is 10.0 Å². The van der Waals surface area contributed by atoms with Gasteiger partial charge in [0.15, 0.2) is 0 Å². The molecule has 1 aromatic heterocycles. The van der Waals surface area contributed by atoms with Gasteiger partial charge in [-0.15, -0.1) is 0 Å². The van der Waals surface area contributed by atoms with E-state index in [9.17, 15) is 8.42 Å². The van der Waals surface area contributed by atoms with E-state index in [2.05, 4.69) is 25.8 Å². The molecular weight excluding hydrogens is 390 g/mol. The molecule has 0 saturated carbocycles. The summed E-state index contributed by atoms with van der Waals surface area (Å²) < 4.78 is 30.0. The molecule has 0 fully saturated rings. The molecule has 0 aliphatic heterocycles. The third kappa shape index (κ3) is 4.04. The van der Waals surface area contributed by atoms with Gasteiger partial charge in [-0.1, -0.05) is 29.8 Å². The second-order valence-electron chi connectivity index (χ2n) is 5.47. The summed E-state index contributed by atoms with van der Waals surface area (Å²) in [6.07, 6.45) is 3.61. The number of hydrogen-bond donors (Lipinski definition) is 1. The average Bonchev–Trinajstić information content (AvgIpc) is 2.94. The number of halogens is 1. The quantitative estimate of drug-likeness (QED) is 0.701. The number of aromatic nitrogens is 2. The summed E-state index contributed by atoms with van der Waals surface area (Å²) in [5.41, 5.74) is 2.58. The van der Waals surface area contributed by atoms with Crippen LogP contribution in [-0.4, -0.2) is 18.2 Å². The molecule has 0 aliphatic rings. The number of sulfonamides is 1. The van der Waals surface area contributed by atoms with Crippen molar-refractivity contribution in [3.05, 3.63) is 76.5 Å². The fourth-order valence-corrected chi connectivity index (χ4v) is 3.61. The Morgan fingerprint density at radius 1 is 1.08 bits per heavy atom. The van der Waals surface area contributed by atoms with Crippen LogP contribution in [0.2, 0.25) is 0 Å². The molecule has 1 heterocycles. The monoisotopic (exact) mass is 405 g/mol. The van der Waals surface area contributed by atoms with Gasteiger partial charge >= 0.3 is 0 Å². The molecule has 0 atom stereocenters. The zero-order valence-corrected chi connectivity index (χ0v) is 15.4. The van der Waals surface area contributed by atoms with Gasteiger partial charge in [-0.2, -0.15) is 5.10 Å². The van der Waals surface area contributed by atoms with E-state index in [1.54, 1.807) is 47.3 Å². The van der Waals surface area contributed by atoms with Gasteiger partial charge in [-0.05, 0) is 52.7 Å². The van der Waals surface area contributed by atoms with Crippen LogP contribution in [0.3, 0.4) is 0 Å². The molecule has 0 radical (unpaired) electrons. The standard InChI is InChI=1S/C17H16BrN3O2S/c1-13-2-8-17(9-3-13)24(22,23)20-16-6-4-14(5-7-16)11-21-12-15(18)10-19-21/h2-10,12,20H,11H2,1H3. The molecule has 0 bridgehead atoms. The average molecular weight is 406 g/mol. The highest BCUT2D eigenvalue weighted by atomic mass is 79.9. The van der Waals surface area contributed by atoms with Gasteiger partial charge in [0.2, 0.25) is 0 Å². The van der Waals surface area contributed by atoms with Gasteiger partial charge in [0, 0.05) is 11.9 Å². The Hall–Kier alpha value is -2.12. The number of anilines is 1. The highest BCUT2D eigenvalue weighted by molar-refractivity contribution is 9.10. The fourth-order valence-electron chi connectivity index (χ4n) is 2.22. The number of aryl methyl sites for hydroxylation is 1. The van der Waals surface area contributed by atoms with Crippen LogP contribution in [0, 0.1) is 6.92 Å². The molecule has 3 aromatic rings. The van der Waals surface area contributed by atoms with E-state index in [-0.39, 0.29) is 4.90 Å². The van der Waals surface area contributed by atoms with Gasteiger partial charge in [0.1, 0.15) is 0 Å². The topological polar surface area (TPSA) is 64.0 Å². The molecule has 5 nitrogen and oxygen atoms in total. The second kappa shape index (κ2) is 6.78. The molecule has 24 heavy (non-hydrogen) atoms. The summed E-state index contributed by atoms with van der Waals surface area (Å²) in [4.78, 5) is 0.249. The predicted octanol–water partition coefficient (Wildman–Crippen LogP) is 3.80. The van der Waals surface area contributed by atoms with Crippen LogP contribution in [0.15, 0.2) is 70.3 Å². The molecule has 0 spiro atoms. The Labute approximate surface area is 149 Å². The number of rotatable bonds is 5. The van der Waals surface area contributed by atoms with Crippen molar-refractivity contribution < 1.29 is 8.42 Å². The third-order valence-electron chi connectivity index (χ3n) is 3.48. The lowest BCUT2D eigenvalue weighted by Crippen LogP contribution is -2.13. The highest BCUT2D eigenvalue weighted by Gasteiger charge is 2.13. The molecule has 0 unspecified atom stereocenters. The van der Waals surface area contributed by atoms with Crippen molar-refractivity contribution >= 4 is 31.6 Å². The first-order valence-electron chi connectivity index (χ1n) is 7.29. The molecule has 124 valence electrons. The van der Waals surface area contributed by atoms with Crippen molar-refractivity contribution in [3.8, 4) is 0 Å².